The van der Waals surface area contributed by atoms with Crippen molar-refractivity contribution in [1.29, 1.82) is 0 Å². The van der Waals surface area contributed by atoms with Gasteiger partial charge in [-0.05, 0) is 61.7 Å². The number of nitrogens with two attached hydrogens (primary N) is 1. The van der Waals surface area contributed by atoms with Crippen molar-refractivity contribution in [2.24, 2.45) is 0 Å². The lowest BCUT2D eigenvalue weighted by molar-refractivity contribution is 0.0952. The van der Waals surface area contributed by atoms with Crippen molar-refractivity contribution >= 4 is 11.6 Å². The van der Waals surface area contributed by atoms with E-state index in [1.54, 1.807) is 19.2 Å². The van der Waals surface area contributed by atoms with Crippen molar-refractivity contribution in [3.05, 3.63) is 54.1 Å². The molecule has 0 radical (unpaired) electrons. The topological polar surface area (TPSA) is 73.6 Å². The Balaban J connectivity index is 1.57. The smallest absolute Gasteiger partial charge is 0.251 e. The summed E-state index contributed by atoms with van der Waals surface area (Å²) in [4.78, 5) is 12.0. The summed E-state index contributed by atoms with van der Waals surface area (Å²) in [5.41, 5.74) is 6.96. The number of anilines is 1. The van der Waals surface area contributed by atoms with E-state index < -0.39 is 0 Å². The normalized spacial score (nSPS) is 10.2. The Morgan fingerprint density at radius 2 is 1.83 bits per heavy atom. The highest BCUT2D eigenvalue weighted by Gasteiger charge is 2.05. The number of methoxy groups -OCH3 is 1. The van der Waals surface area contributed by atoms with E-state index in [0.717, 1.165) is 30.7 Å². The number of hydrogen-bond acceptors (Lipinski definition) is 4. The molecular weight excluding hydrogens is 304 g/mol. The van der Waals surface area contributed by atoms with Crippen LogP contribution in [-0.4, -0.2) is 26.2 Å². The van der Waals surface area contributed by atoms with Gasteiger partial charge in [-0.15, -0.1) is 0 Å². The third kappa shape index (κ3) is 5.83. The van der Waals surface area contributed by atoms with Gasteiger partial charge in [0.2, 0.25) is 0 Å². The molecule has 0 aliphatic rings. The zero-order valence-corrected chi connectivity index (χ0v) is 14.0. The van der Waals surface area contributed by atoms with Crippen LogP contribution in [-0.2, 0) is 0 Å². The van der Waals surface area contributed by atoms with Crippen molar-refractivity contribution in [3.63, 3.8) is 0 Å². The van der Waals surface area contributed by atoms with Gasteiger partial charge in [-0.3, -0.25) is 4.79 Å². The van der Waals surface area contributed by atoms with Gasteiger partial charge in [-0.25, -0.2) is 0 Å². The molecule has 0 saturated carbocycles. The third-order valence-corrected chi connectivity index (χ3v) is 3.59. The maximum atomic E-state index is 12.0. The van der Waals surface area contributed by atoms with Gasteiger partial charge in [-0.1, -0.05) is 6.07 Å². The zero-order chi connectivity index (χ0) is 17.2. The van der Waals surface area contributed by atoms with Crippen molar-refractivity contribution in [3.8, 4) is 11.5 Å². The summed E-state index contributed by atoms with van der Waals surface area (Å²) >= 11 is 0. The number of amides is 1. The fourth-order valence-corrected chi connectivity index (χ4v) is 2.23. The molecule has 0 aliphatic heterocycles. The highest BCUT2D eigenvalue weighted by atomic mass is 16.5. The minimum atomic E-state index is -0.0768. The standard InChI is InChI=1S/C19H24N2O3/c1-23-18-7-5-6-15(14-18)19(22)21-12-3-2-4-13-24-17-10-8-16(20)9-11-17/h5-11,14H,2-4,12-13,20H2,1H3,(H,21,22). The molecule has 0 bridgehead atoms. The van der Waals surface area contributed by atoms with Crippen LogP contribution in [0.25, 0.3) is 0 Å². The Hall–Kier alpha value is -2.69. The summed E-state index contributed by atoms with van der Waals surface area (Å²) < 4.78 is 10.7. The minimum Gasteiger partial charge on any atom is -0.497 e. The van der Waals surface area contributed by atoms with Gasteiger partial charge in [0, 0.05) is 17.8 Å². The van der Waals surface area contributed by atoms with Crippen LogP contribution in [0.2, 0.25) is 0 Å². The average molecular weight is 328 g/mol. The van der Waals surface area contributed by atoms with Crippen LogP contribution < -0.4 is 20.5 Å². The van der Waals surface area contributed by atoms with Crippen molar-refractivity contribution < 1.29 is 14.3 Å². The van der Waals surface area contributed by atoms with Crippen molar-refractivity contribution in [1.82, 2.24) is 5.32 Å². The Labute approximate surface area is 142 Å². The highest BCUT2D eigenvalue weighted by molar-refractivity contribution is 5.94. The molecule has 0 fully saturated rings. The van der Waals surface area contributed by atoms with Crippen LogP contribution in [0.15, 0.2) is 48.5 Å². The molecule has 1 amide bonds. The minimum absolute atomic E-state index is 0.0768. The van der Waals surface area contributed by atoms with Gasteiger partial charge < -0.3 is 20.5 Å². The molecule has 0 heterocycles. The summed E-state index contributed by atoms with van der Waals surface area (Å²) in [7, 11) is 1.59. The number of hydrogen-bond donors (Lipinski definition) is 2. The Kier molecular flexibility index (Phi) is 6.95. The maximum absolute atomic E-state index is 12.0. The lowest BCUT2D eigenvalue weighted by Gasteiger charge is -2.08. The second kappa shape index (κ2) is 9.45. The van der Waals surface area contributed by atoms with E-state index in [0.29, 0.717) is 24.5 Å². The fraction of sp³-hybridized carbons (Fsp3) is 0.316. The lowest BCUT2D eigenvalue weighted by atomic mass is 10.2. The molecule has 128 valence electrons. The zero-order valence-electron chi connectivity index (χ0n) is 14.0. The molecular formula is C19H24N2O3. The van der Waals surface area contributed by atoms with E-state index in [9.17, 15) is 4.79 Å². The molecule has 5 nitrogen and oxygen atoms in total. The molecule has 0 saturated heterocycles. The lowest BCUT2D eigenvalue weighted by Crippen LogP contribution is -2.24. The van der Waals surface area contributed by atoms with Crippen LogP contribution in [0.4, 0.5) is 5.69 Å². The van der Waals surface area contributed by atoms with Gasteiger partial charge in [0.1, 0.15) is 11.5 Å². The monoisotopic (exact) mass is 328 g/mol. The molecule has 3 N–H and O–H groups in total. The number of carbonyl (C=O) groups is 1. The summed E-state index contributed by atoms with van der Waals surface area (Å²) in [6.45, 7) is 1.31. The van der Waals surface area contributed by atoms with Crippen molar-refractivity contribution in [2.75, 3.05) is 26.0 Å². The quantitative estimate of drug-likeness (QED) is 0.547. The molecule has 24 heavy (non-hydrogen) atoms. The SMILES string of the molecule is COc1cccc(C(=O)NCCCCCOc2ccc(N)cc2)c1. The van der Waals surface area contributed by atoms with Crippen LogP contribution in [0, 0.1) is 0 Å². The summed E-state index contributed by atoms with van der Waals surface area (Å²) in [5.74, 6) is 1.44. The first-order valence-electron chi connectivity index (χ1n) is 8.09. The Bertz CT molecular complexity index is 641. The Morgan fingerprint density at radius 3 is 2.58 bits per heavy atom. The number of ether oxygens (including phenoxy) is 2. The number of benzene rings is 2. The predicted molar refractivity (Wildman–Crippen MR) is 95.5 cm³/mol. The predicted octanol–water partition coefficient (Wildman–Crippen LogP) is 3.26. The molecule has 0 aliphatic carbocycles. The molecule has 0 atom stereocenters. The second-order valence-electron chi connectivity index (χ2n) is 5.47. The van der Waals surface area contributed by atoms with E-state index >= 15 is 0 Å². The molecule has 5 heteroatoms. The number of carbonyl (C=O) groups excluding carboxylic acids is 1. The largest absolute Gasteiger partial charge is 0.497 e. The van der Waals surface area contributed by atoms with Gasteiger partial charge in [0.05, 0.1) is 13.7 Å². The summed E-state index contributed by atoms with van der Waals surface area (Å²) in [6.07, 6.45) is 2.85. The van der Waals surface area contributed by atoms with Gasteiger partial charge >= 0.3 is 0 Å². The van der Waals surface area contributed by atoms with Crippen LogP contribution >= 0.6 is 0 Å². The van der Waals surface area contributed by atoms with Crippen LogP contribution in [0.5, 0.6) is 11.5 Å². The molecule has 0 aromatic heterocycles. The van der Waals surface area contributed by atoms with Gasteiger partial charge in [-0.2, -0.15) is 0 Å². The number of unbranched alkanes of at least 4 members (excludes halogenated alkanes) is 2. The molecule has 2 aromatic rings. The average Bonchev–Trinajstić information content (AvgIpc) is 2.62. The van der Waals surface area contributed by atoms with Crippen LogP contribution in [0.3, 0.4) is 0 Å². The number of nitrogens with one attached hydrogen (secondary N) is 1. The van der Waals surface area contributed by atoms with E-state index in [-0.39, 0.29) is 5.91 Å². The first-order valence-corrected chi connectivity index (χ1v) is 8.09. The van der Waals surface area contributed by atoms with Gasteiger partial charge in [0.15, 0.2) is 0 Å². The van der Waals surface area contributed by atoms with E-state index in [2.05, 4.69) is 5.32 Å². The summed E-state index contributed by atoms with van der Waals surface area (Å²) in [5, 5.41) is 2.92. The van der Waals surface area contributed by atoms with Crippen LogP contribution in [0.1, 0.15) is 29.6 Å². The maximum Gasteiger partial charge on any atom is 0.251 e. The van der Waals surface area contributed by atoms with Crippen molar-refractivity contribution in [2.45, 2.75) is 19.3 Å². The number of nitrogen functional groups attached to an aromatic ring is 1. The molecule has 0 unspecified atom stereocenters. The molecule has 2 rings (SSSR count). The fourth-order valence-electron chi connectivity index (χ4n) is 2.23. The van der Waals surface area contributed by atoms with E-state index in [1.807, 2.05) is 36.4 Å². The number of rotatable bonds is 9. The molecule has 0 spiro atoms. The first kappa shape index (κ1) is 17.7. The van der Waals surface area contributed by atoms with E-state index in [4.69, 9.17) is 15.2 Å². The van der Waals surface area contributed by atoms with E-state index in [1.165, 1.54) is 0 Å². The third-order valence-electron chi connectivity index (χ3n) is 3.59. The highest BCUT2D eigenvalue weighted by Crippen LogP contribution is 2.14. The van der Waals surface area contributed by atoms with Gasteiger partial charge in [0.25, 0.3) is 5.91 Å². The first-order chi connectivity index (χ1) is 11.7. The molecule has 2 aromatic carbocycles. The Morgan fingerprint density at radius 1 is 1.04 bits per heavy atom. The summed E-state index contributed by atoms with van der Waals surface area (Å²) in [6, 6.07) is 14.5. The second-order valence-corrected chi connectivity index (χ2v) is 5.47.